The summed E-state index contributed by atoms with van der Waals surface area (Å²) >= 11 is 13.5. The largest absolute Gasteiger partial charge is 0.488 e. The van der Waals surface area contributed by atoms with Gasteiger partial charge in [-0.15, -0.1) is 0 Å². The van der Waals surface area contributed by atoms with Crippen LogP contribution in [0.5, 0.6) is 23.0 Å². The third kappa shape index (κ3) is 13.3. The molecule has 6 rings (SSSR count). The van der Waals surface area contributed by atoms with Gasteiger partial charge in [0, 0.05) is 48.5 Å². The number of nitrogens with zero attached hydrogens (tertiary/aromatic N) is 2. The van der Waals surface area contributed by atoms with Gasteiger partial charge in [0.05, 0.1) is 23.3 Å². The fraction of sp³-hybridized carbons (Fsp3) is 0.283. The van der Waals surface area contributed by atoms with Crippen molar-refractivity contribution in [3.05, 3.63) is 175 Å². The second-order valence-electron chi connectivity index (χ2n) is 17.2. The number of aliphatic hydroxyl groups excluding tert-OH is 2. The van der Waals surface area contributed by atoms with E-state index in [4.69, 9.17) is 42.1 Å². The van der Waals surface area contributed by atoms with Crippen LogP contribution in [0.1, 0.15) is 51.4 Å². The first kappa shape index (κ1) is 53.9. The van der Waals surface area contributed by atoms with Gasteiger partial charge in [0.1, 0.15) is 84.3 Å². The number of ether oxygens (including phenoxy) is 4. The van der Waals surface area contributed by atoms with E-state index in [0.717, 1.165) is 69.8 Å². The van der Waals surface area contributed by atoms with E-state index in [-0.39, 0.29) is 83.7 Å². The highest BCUT2D eigenvalue weighted by atomic mass is 35.5. The molecule has 4 N–H and O–H groups in total. The van der Waals surface area contributed by atoms with E-state index < -0.39 is 60.0 Å². The lowest BCUT2D eigenvalue weighted by Gasteiger charge is -2.33. The van der Waals surface area contributed by atoms with Crippen LogP contribution in [-0.4, -0.2) is 81.1 Å². The second-order valence-corrected chi connectivity index (χ2v) is 18.0. The Balaban J connectivity index is 1.23. The van der Waals surface area contributed by atoms with E-state index in [1.165, 1.54) is 43.0 Å². The van der Waals surface area contributed by atoms with Crippen molar-refractivity contribution in [1.29, 1.82) is 0 Å². The van der Waals surface area contributed by atoms with Crippen LogP contribution in [0, 0.1) is 37.1 Å². The molecule has 0 saturated carbocycles. The molecular formula is C53H52Cl2F4N2O10. The zero-order valence-electron chi connectivity index (χ0n) is 39.4. The smallest absolute Gasteiger partial charge is 0.326 e. The van der Waals surface area contributed by atoms with E-state index in [2.05, 4.69) is 0 Å². The lowest BCUT2D eigenvalue weighted by molar-refractivity contribution is -0.152. The Bertz CT molecular complexity index is 2870. The van der Waals surface area contributed by atoms with Gasteiger partial charge in [-0.2, -0.15) is 0 Å². The molecule has 0 radical (unpaired) electrons. The van der Waals surface area contributed by atoms with Crippen LogP contribution < -0.4 is 18.9 Å². The van der Waals surface area contributed by atoms with E-state index in [1.807, 2.05) is 50.2 Å². The van der Waals surface area contributed by atoms with Crippen LogP contribution in [-0.2, 0) is 49.1 Å². The van der Waals surface area contributed by atoms with Crippen molar-refractivity contribution in [1.82, 2.24) is 9.80 Å². The van der Waals surface area contributed by atoms with Gasteiger partial charge in [0.2, 0.25) is 0 Å². The molecule has 0 fully saturated rings. The first-order valence-corrected chi connectivity index (χ1v) is 22.8. The van der Waals surface area contributed by atoms with Crippen molar-refractivity contribution in [2.45, 2.75) is 71.9 Å². The highest BCUT2D eigenvalue weighted by molar-refractivity contribution is 6.32. The highest BCUT2D eigenvalue weighted by Gasteiger charge is 2.37. The van der Waals surface area contributed by atoms with Crippen molar-refractivity contribution in [2.24, 2.45) is 0 Å². The average Bonchev–Trinajstić information content (AvgIpc) is 3.30. The number of carboxylic acid groups (broad SMARTS) is 2. The molecule has 0 amide bonds. The van der Waals surface area contributed by atoms with E-state index >= 15 is 0 Å². The summed E-state index contributed by atoms with van der Waals surface area (Å²) in [5, 5.41) is 39.5. The third-order valence-corrected chi connectivity index (χ3v) is 12.8. The predicted octanol–water partition coefficient (Wildman–Crippen LogP) is 10.3. The van der Waals surface area contributed by atoms with Gasteiger partial charge in [-0.3, -0.25) is 19.4 Å². The van der Waals surface area contributed by atoms with Crippen LogP contribution in [0.2, 0.25) is 10.0 Å². The molecule has 6 aromatic rings. The number of aliphatic hydroxyl groups is 2. The number of rotatable bonds is 23. The zero-order valence-corrected chi connectivity index (χ0v) is 40.9. The first-order valence-electron chi connectivity index (χ1n) is 22.0. The van der Waals surface area contributed by atoms with Crippen LogP contribution in [0.4, 0.5) is 17.6 Å². The molecule has 12 nitrogen and oxygen atoms in total. The lowest BCUT2D eigenvalue weighted by Crippen LogP contribution is -2.52. The lowest BCUT2D eigenvalue weighted by atomic mass is 9.92. The molecule has 0 bridgehead atoms. The molecule has 18 heteroatoms. The average molecular weight is 1020 g/mol. The van der Waals surface area contributed by atoms with Crippen LogP contribution in [0.15, 0.2) is 97.1 Å². The van der Waals surface area contributed by atoms with Crippen molar-refractivity contribution in [3.63, 3.8) is 0 Å². The van der Waals surface area contributed by atoms with Gasteiger partial charge in [0.15, 0.2) is 0 Å². The number of carbonyl (C=O) groups is 2. The second kappa shape index (κ2) is 23.7. The molecule has 6 aromatic carbocycles. The summed E-state index contributed by atoms with van der Waals surface area (Å²) in [6, 6.07) is 22.4. The Morgan fingerprint density at radius 3 is 1.38 bits per heavy atom. The van der Waals surface area contributed by atoms with Gasteiger partial charge >= 0.3 is 11.9 Å². The summed E-state index contributed by atoms with van der Waals surface area (Å²) in [6.45, 7) is 3.46. The third-order valence-electron chi connectivity index (χ3n) is 12.2. The molecular weight excluding hydrogens is 971 g/mol. The molecule has 0 saturated heterocycles. The molecule has 0 aromatic heterocycles. The molecule has 0 aliphatic carbocycles. The number of hydrogen-bond donors (Lipinski definition) is 4. The number of aliphatic carboxylic acids is 2. The molecule has 71 heavy (non-hydrogen) atoms. The van der Waals surface area contributed by atoms with Crippen molar-refractivity contribution < 1.29 is 66.5 Å². The Hall–Kier alpha value is -6.40. The molecule has 2 atom stereocenters. The summed E-state index contributed by atoms with van der Waals surface area (Å²) < 4.78 is 80.8. The number of benzene rings is 6. The summed E-state index contributed by atoms with van der Waals surface area (Å²) in [4.78, 5) is 26.7. The summed E-state index contributed by atoms with van der Waals surface area (Å²) in [7, 11) is 3.02. The van der Waals surface area contributed by atoms with Gasteiger partial charge in [-0.25, -0.2) is 17.6 Å². The quantitative estimate of drug-likeness (QED) is 0.0451. The van der Waals surface area contributed by atoms with Crippen molar-refractivity contribution in [2.75, 3.05) is 27.3 Å². The number of halogens is 6. The van der Waals surface area contributed by atoms with Gasteiger partial charge in [-0.1, -0.05) is 59.6 Å². The molecule has 0 aliphatic rings. The summed E-state index contributed by atoms with van der Waals surface area (Å²) in [5.41, 5.74) is 4.78. The van der Waals surface area contributed by atoms with Crippen molar-refractivity contribution >= 4 is 35.1 Å². The maximum Gasteiger partial charge on any atom is 0.326 e. The highest BCUT2D eigenvalue weighted by Crippen LogP contribution is 2.38. The van der Waals surface area contributed by atoms with Crippen LogP contribution in [0.25, 0.3) is 11.1 Å². The maximum atomic E-state index is 14.1. The van der Waals surface area contributed by atoms with Gasteiger partial charge in [0.25, 0.3) is 0 Å². The monoisotopic (exact) mass is 1020 g/mol. The predicted molar refractivity (Wildman–Crippen MR) is 259 cm³/mol. The van der Waals surface area contributed by atoms with Gasteiger partial charge < -0.3 is 39.4 Å². The normalized spacial score (nSPS) is 12.7. The minimum atomic E-state index is -1.66. The first-order chi connectivity index (χ1) is 33.7. The number of likely N-dealkylation sites (N-methyl/N-ethyl adjacent to an activating group) is 2. The summed E-state index contributed by atoms with van der Waals surface area (Å²) in [6.07, 6.45) is 0. The standard InChI is InChI=1S/C53H52Cl2F4N2O10/c1-30-34(27-70-49-20-47(68-25-32-12-38(56)18-39(57)13-32)36(16-44(49)54)22-60(4)46(24-62)51(64)65)8-6-10-42(30)43-11-7-9-35(31(43)2)28-71-50-21-48(69-26-33-14-40(58)19-41(59)15-33)37(17-45(50)55)23-61(5)53(3,29-63)52(66)67/h6-21,46,62-63H,22-29H2,1-5H3,(H,64,65)(H,66,67)/t46-,53+/m0/s1. The number of hydrogen-bond acceptors (Lipinski definition) is 10. The SMILES string of the molecule is Cc1c(COc2cc(OCc3cc(F)cc(F)c3)c(CN(C)[C@@H](CO)C(=O)O)cc2Cl)cccc1-c1cccc(COc2cc(OCc3cc(F)cc(F)c3)c(CN(C)[C@](C)(CO)C(=O)O)cc2Cl)c1C. The minimum absolute atomic E-state index is 0.0231. The Morgan fingerprint density at radius 1 is 0.592 bits per heavy atom. The molecule has 0 aliphatic heterocycles. The fourth-order valence-corrected chi connectivity index (χ4v) is 8.22. The van der Waals surface area contributed by atoms with Gasteiger partial charge in [-0.05, 0) is 116 Å². The van der Waals surface area contributed by atoms with E-state index in [1.54, 1.807) is 12.1 Å². The molecule has 0 unspecified atom stereocenters. The zero-order chi connectivity index (χ0) is 51.7. The van der Waals surface area contributed by atoms with E-state index in [9.17, 15) is 47.6 Å². The van der Waals surface area contributed by atoms with Crippen LogP contribution >= 0.6 is 23.2 Å². The Kier molecular flexibility index (Phi) is 18.0. The van der Waals surface area contributed by atoms with Crippen molar-refractivity contribution in [3.8, 4) is 34.1 Å². The molecule has 376 valence electrons. The fourth-order valence-electron chi connectivity index (χ4n) is 7.74. The topological polar surface area (TPSA) is 158 Å². The van der Waals surface area contributed by atoms with Crippen LogP contribution in [0.3, 0.4) is 0 Å². The Labute approximate surface area is 418 Å². The minimum Gasteiger partial charge on any atom is -0.488 e. The maximum absolute atomic E-state index is 14.1. The summed E-state index contributed by atoms with van der Waals surface area (Å²) in [5.74, 6) is -4.80. The van der Waals surface area contributed by atoms with E-state index in [0.29, 0.717) is 11.1 Å². The molecule has 0 heterocycles. The Morgan fingerprint density at radius 2 is 1.00 bits per heavy atom. The molecule has 0 spiro atoms. The number of carboxylic acids is 2.